The zero-order valence-electron chi connectivity index (χ0n) is 13.3. The molecule has 1 amide bonds. The molecule has 0 bridgehead atoms. The maximum Gasteiger partial charge on any atom is 0.217 e. The van der Waals surface area contributed by atoms with Gasteiger partial charge in [0.25, 0.3) is 0 Å². The number of carbonyl (C=O) groups excluding carboxylic acids is 1. The lowest BCUT2D eigenvalue weighted by Crippen LogP contribution is -2.15. The van der Waals surface area contributed by atoms with Crippen molar-refractivity contribution in [2.24, 2.45) is 11.7 Å². The molecule has 7 heteroatoms. The molecule has 0 aliphatic carbocycles. The number of nitrogens with two attached hydrogens (primary N) is 1. The van der Waals surface area contributed by atoms with Gasteiger partial charge in [0.15, 0.2) is 5.16 Å². The number of aryl methyl sites for hydroxylation is 1. The predicted octanol–water partition coefficient (Wildman–Crippen LogP) is 3.41. The van der Waals surface area contributed by atoms with E-state index >= 15 is 0 Å². The smallest absolute Gasteiger partial charge is 0.217 e. The summed E-state index contributed by atoms with van der Waals surface area (Å²) in [6.45, 7) is 5.14. The van der Waals surface area contributed by atoms with Crippen molar-refractivity contribution in [3.8, 4) is 0 Å². The third-order valence-electron chi connectivity index (χ3n) is 3.19. The summed E-state index contributed by atoms with van der Waals surface area (Å²) in [4.78, 5) is 11.0. The number of nitrogens with zero attached hydrogens (tertiary/aromatic N) is 3. The molecular formula is C16H21BrN4OS. The van der Waals surface area contributed by atoms with E-state index in [-0.39, 0.29) is 5.91 Å². The van der Waals surface area contributed by atoms with Crippen LogP contribution >= 0.6 is 27.7 Å². The van der Waals surface area contributed by atoms with Crippen molar-refractivity contribution in [2.75, 3.05) is 0 Å². The maximum absolute atomic E-state index is 11.0. The lowest BCUT2D eigenvalue weighted by Gasteiger charge is -2.12. The molecule has 5 nitrogen and oxygen atoms in total. The lowest BCUT2D eigenvalue weighted by molar-refractivity contribution is -0.118. The number of thioether (sulfide) groups is 1. The number of amides is 1. The van der Waals surface area contributed by atoms with E-state index in [0.717, 1.165) is 27.8 Å². The molecule has 1 aromatic heterocycles. The number of aromatic nitrogens is 3. The van der Waals surface area contributed by atoms with Crippen molar-refractivity contribution < 1.29 is 4.79 Å². The lowest BCUT2D eigenvalue weighted by atomic mass is 10.2. The number of hydrogen-bond donors (Lipinski definition) is 1. The normalized spacial score (nSPS) is 11.1. The van der Waals surface area contributed by atoms with Gasteiger partial charge in [0.1, 0.15) is 5.82 Å². The summed E-state index contributed by atoms with van der Waals surface area (Å²) >= 11 is 5.15. The summed E-state index contributed by atoms with van der Waals surface area (Å²) in [5.74, 6) is 1.82. The van der Waals surface area contributed by atoms with Gasteiger partial charge in [-0.2, -0.15) is 0 Å². The van der Waals surface area contributed by atoms with E-state index in [2.05, 4.69) is 56.7 Å². The highest BCUT2D eigenvalue weighted by atomic mass is 79.9. The van der Waals surface area contributed by atoms with Gasteiger partial charge < -0.3 is 10.3 Å². The molecule has 0 fully saturated rings. The largest absolute Gasteiger partial charge is 0.370 e. The fourth-order valence-corrected chi connectivity index (χ4v) is 3.53. The summed E-state index contributed by atoms with van der Waals surface area (Å²) < 4.78 is 3.18. The Balaban J connectivity index is 2.11. The first kappa shape index (κ1) is 18.0. The third kappa shape index (κ3) is 5.66. The molecule has 124 valence electrons. The molecule has 1 aromatic carbocycles. The molecule has 0 aliphatic heterocycles. The van der Waals surface area contributed by atoms with Crippen LogP contribution in [0.5, 0.6) is 0 Å². The summed E-state index contributed by atoms with van der Waals surface area (Å²) in [6.07, 6.45) is 0.832. The molecule has 0 saturated carbocycles. The molecule has 0 aliphatic rings. The molecule has 2 N–H and O–H groups in total. The van der Waals surface area contributed by atoms with Crippen LogP contribution in [-0.2, 0) is 23.5 Å². The first-order valence-electron chi connectivity index (χ1n) is 7.53. The topological polar surface area (TPSA) is 73.8 Å². The van der Waals surface area contributed by atoms with Crippen LogP contribution in [-0.4, -0.2) is 20.7 Å². The highest BCUT2D eigenvalue weighted by molar-refractivity contribution is 9.10. The Bertz CT molecular complexity index is 672. The van der Waals surface area contributed by atoms with Crippen molar-refractivity contribution in [1.29, 1.82) is 0 Å². The zero-order valence-corrected chi connectivity index (χ0v) is 15.7. The van der Waals surface area contributed by atoms with Gasteiger partial charge in [-0.25, -0.2) is 0 Å². The maximum atomic E-state index is 11.0. The van der Waals surface area contributed by atoms with E-state index < -0.39 is 0 Å². The highest BCUT2D eigenvalue weighted by Gasteiger charge is 2.14. The molecule has 23 heavy (non-hydrogen) atoms. The number of rotatable bonds is 8. The molecule has 2 aromatic rings. The monoisotopic (exact) mass is 396 g/mol. The van der Waals surface area contributed by atoms with Crippen molar-refractivity contribution in [3.63, 3.8) is 0 Å². The second-order valence-electron chi connectivity index (χ2n) is 5.79. The Kier molecular flexibility index (Phi) is 6.65. The Labute approximate surface area is 149 Å². The van der Waals surface area contributed by atoms with Crippen molar-refractivity contribution >= 4 is 33.6 Å². The Morgan fingerprint density at radius 3 is 2.83 bits per heavy atom. The van der Waals surface area contributed by atoms with Crippen LogP contribution in [0.3, 0.4) is 0 Å². The first-order chi connectivity index (χ1) is 11.0. The van der Waals surface area contributed by atoms with E-state index in [0.29, 0.717) is 18.8 Å². The second-order valence-corrected chi connectivity index (χ2v) is 7.65. The van der Waals surface area contributed by atoms with Crippen LogP contribution in [0.2, 0.25) is 0 Å². The summed E-state index contributed by atoms with van der Waals surface area (Å²) in [6, 6.07) is 8.23. The fraction of sp³-hybridized carbons (Fsp3) is 0.438. The number of carbonyl (C=O) groups is 1. The molecular weight excluding hydrogens is 376 g/mol. The van der Waals surface area contributed by atoms with Gasteiger partial charge in [0.2, 0.25) is 5.91 Å². The number of primary amides is 1. The standard InChI is InChI=1S/C16H21BrN4OS/c1-11(2)9-21-15(7-6-14(18)22)19-20-16(21)23-10-12-4-3-5-13(17)8-12/h3-5,8,11H,6-7,9-10H2,1-2H3,(H2,18,22). The van der Waals surface area contributed by atoms with E-state index in [1.807, 2.05) is 12.1 Å². The third-order valence-corrected chi connectivity index (χ3v) is 4.72. The number of halogens is 1. The van der Waals surface area contributed by atoms with Crippen LogP contribution in [0.25, 0.3) is 0 Å². The van der Waals surface area contributed by atoms with Crippen LogP contribution in [0.4, 0.5) is 0 Å². The van der Waals surface area contributed by atoms with Crippen molar-refractivity contribution in [3.05, 3.63) is 40.1 Å². The van der Waals surface area contributed by atoms with Crippen LogP contribution in [0, 0.1) is 5.92 Å². The highest BCUT2D eigenvalue weighted by Crippen LogP contribution is 2.24. The van der Waals surface area contributed by atoms with Gasteiger partial charge in [0, 0.05) is 29.6 Å². The average Bonchev–Trinajstić information content (AvgIpc) is 2.84. The quantitative estimate of drug-likeness (QED) is 0.693. The molecule has 0 spiro atoms. The molecule has 1 heterocycles. The molecule has 2 rings (SSSR count). The van der Waals surface area contributed by atoms with Crippen LogP contribution < -0.4 is 5.73 Å². The zero-order chi connectivity index (χ0) is 16.8. The van der Waals surface area contributed by atoms with Gasteiger partial charge in [-0.15, -0.1) is 10.2 Å². The molecule has 0 atom stereocenters. The van der Waals surface area contributed by atoms with Gasteiger partial charge in [-0.1, -0.05) is 53.7 Å². The summed E-state index contributed by atoms with van der Waals surface area (Å²) in [5, 5.41) is 9.43. The first-order valence-corrected chi connectivity index (χ1v) is 9.31. The van der Waals surface area contributed by atoms with Gasteiger partial charge in [0.05, 0.1) is 0 Å². The molecule has 0 radical (unpaired) electrons. The van der Waals surface area contributed by atoms with E-state index in [1.54, 1.807) is 11.8 Å². The van der Waals surface area contributed by atoms with Crippen molar-refractivity contribution in [1.82, 2.24) is 14.8 Å². The Hall–Kier alpha value is -1.34. The second kappa shape index (κ2) is 8.49. The Morgan fingerprint density at radius 2 is 2.17 bits per heavy atom. The van der Waals surface area contributed by atoms with E-state index in [1.165, 1.54) is 5.56 Å². The van der Waals surface area contributed by atoms with Gasteiger partial charge >= 0.3 is 0 Å². The van der Waals surface area contributed by atoms with Crippen LogP contribution in [0.1, 0.15) is 31.7 Å². The van der Waals surface area contributed by atoms with E-state index in [9.17, 15) is 4.79 Å². The average molecular weight is 397 g/mol. The minimum absolute atomic E-state index is 0.298. The van der Waals surface area contributed by atoms with Crippen LogP contribution in [0.15, 0.2) is 33.9 Å². The summed E-state index contributed by atoms with van der Waals surface area (Å²) in [5.41, 5.74) is 6.47. The number of benzene rings is 1. The SMILES string of the molecule is CC(C)Cn1c(CCC(N)=O)nnc1SCc1cccc(Br)c1. The minimum Gasteiger partial charge on any atom is -0.370 e. The molecule has 0 saturated heterocycles. The minimum atomic E-state index is -0.313. The summed E-state index contributed by atoms with van der Waals surface area (Å²) in [7, 11) is 0. The van der Waals surface area contributed by atoms with E-state index in [4.69, 9.17) is 5.73 Å². The van der Waals surface area contributed by atoms with Crippen molar-refractivity contribution in [2.45, 2.75) is 44.1 Å². The fourth-order valence-electron chi connectivity index (χ4n) is 2.17. The van der Waals surface area contributed by atoms with Gasteiger partial charge in [-0.05, 0) is 23.6 Å². The molecule has 0 unspecified atom stereocenters. The Morgan fingerprint density at radius 1 is 1.39 bits per heavy atom. The number of hydrogen-bond acceptors (Lipinski definition) is 4. The predicted molar refractivity (Wildman–Crippen MR) is 96.1 cm³/mol. The van der Waals surface area contributed by atoms with Gasteiger partial charge in [-0.3, -0.25) is 4.79 Å².